The number of amides is 1. The number of rotatable bonds is 5. The molecule has 3 rings (SSSR count). The van der Waals surface area contributed by atoms with Crippen LogP contribution in [0.4, 0.5) is 0 Å². The number of aryl methyl sites for hydroxylation is 1. The molecule has 0 unspecified atom stereocenters. The van der Waals surface area contributed by atoms with E-state index in [2.05, 4.69) is 25.1 Å². The lowest BCUT2D eigenvalue weighted by molar-refractivity contribution is -0.141. The highest BCUT2D eigenvalue weighted by atomic mass is 16.2. The Morgan fingerprint density at radius 1 is 1.45 bits per heavy atom. The zero-order valence-corrected chi connectivity index (χ0v) is 13.6. The fourth-order valence-corrected chi connectivity index (χ4v) is 3.89. The lowest BCUT2D eigenvalue weighted by Gasteiger charge is -2.47. The molecule has 0 bridgehead atoms. The molecular weight excluding hydrogens is 278 g/mol. The van der Waals surface area contributed by atoms with Gasteiger partial charge in [0.1, 0.15) is 5.82 Å². The number of piperidine rings is 2. The molecule has 2 aliphatic heterocycles. The van der Waals surface area contributed by atoms with Crippen molar-refractivity contribution in [2.24, 2.45) is 5.92 Å². The maximum atomic E-state index is 12.2. The molecule has 2 fully saturated rings. The Morgan fingerprint density at radius 2 is 2.32 bits per heavy atom. The molecule has 22 heavy (non-hydrogen) atoms. The maximum absolute atomic E-state index is 12.2. The molecule has 1 amide bonds. The summed E-state index contributed by atoms with van der Waals surface area (Å²) in [4.78, 5) is 24.4. The summed E-state index contributed by atoms with van der Waals surface area (Å²) in [5.74, 6) is 1.94. The Bertz CT molecular complexity index is 514. The van der Waals surface area contributed by atoms with E-state index in [9.17, 15) is 4.79 Å². The number of nitrogens with one attached hydrogen (secondary N) is 2. The van der Waals surface area contributed by atoms with Gasteiger partial charge in [-0.1, -0.05) is 0 Å². The Balaban J connectivity index is 1.60. The van der Waals surface area contributed by atoms with Gasteiger partial charge in [0.25, 0.3) is 0 Å². The third-order valence-corrected chi connectivity index (χ3v) is 4.98. The highest BCUT2D eigenvalue weighted by molar-refractivity contribution is 5.77. The quantitative estimate of drug-likeness (QED) is 0.843. The number of likely N-dealkylation sites (N-methyl/N-ethyl adjacent to an activating group) is 1. The van der Waals surface area contributed by atoms with Gasteiger partial charge in [0, 0.05) is 57.1 Å². The summed E-state index contributed by atoms with van der Waals surface area (Å²) in [5.41, 5.74) is 1.19. The molecule has 0 aliphatic carbocycles. The van der Waals surface area contributed by atoms with Gasteiger partial charge in [-0.3, -0.25) is 9.69 Å². The number of imidazole rings is 1. The molecule has 3 heterocycles. The molecule has 0 radical (unpaired) electrons. The van der Waals surface area contributed by atoms with E-state index in [0.29, 0.717) is 24.3 Å². The number of aromatic amines is 1. The predicted octanol–water partition coefficient (Wildman–Crippen LogP) is 0.750. The SMILES string of the molecule is CNCCN1C(=O)CC[C@H]2CN(Cc3cnc(C)[nH]3)CC[C@H]21. The lowest BCUT2D eigenvalue weighted by atomic mass is 9.83. The van der Waals surface area contributed by atoms with E-state index in [0.717, 1.165) is 51.4 Å². The summed E-state index contributed by atoms with van der Waals surface area (Å²) >= 11 is 0. The fraction of sp³-hybridized carbons (Fsp3) is 0.750. The number of aromatic nitrogens is 2. The maximum Gasteiger partial charge on any atom is 0.222 e. The van der Waals surface area contributed by atoms with Crippen molar-refractivity contribution in [3.63, 3.8) is 0 Å². The Morgan fingerprint density at radius 3 is 3.05 bits per heavy atom. The van der Waals surface area contributed by atoms with Crippen LogP contribution < -0.4 is 5.32 Å². The number of nitrogens with zero attached hydrogens (tertiary/aromatic N) is 3. The molecule has 0 saturated carbocycles. The molecule has 1 aromatic rings. The normalized spacial score (nSPS) is 26.3. The minimum absolute atomic E-state index is 0.342. The van der Waals surface area contributed by atoms with Crippen molar-refractivity contribution in [3.8, 4) is 0 Å². The average Bonchev–Trinajstić information content (AvgIpc) is 2.91. The molecule has 6 nitrogen and oxygen atoms in total. The van der Waals surface area contributed by atoms with Crippen molar-refractivity contribution < 1.29 is 4.79 Å². The average molecular weight is 305 g/mol. The van der Waals surface area contributed by atoms with Crippen molar-refractivity contribution in [2.75, 3.05) is 33.2 Å². The molecule has 2 N–H and O–H groups in total. The van der Waals surface area contributed by atoms with Crippen LogP contribution in [0.15, 0.2) is 6.20 Å². The monoisotopic (exact) mass is 305 g/mol. The lowest BCUT2D eigenvalue weighted by Crippen LogP contribution is -2.56. The van der Waals surface area contributed by atoms with Gasteiger partial charge < -0.3 is 15.2 Å². The number of H-pyrrole nitrogens is 1. The smallest absolute Gasteiger partial charge is 0.222 e. The Labute approximate surface area is 132 Å². The first-order chi connectivity index (χ1) is 10.7. The van der Waals surface area contributed by atoms with E-state index in [1.807, 2.05) is 20.2 Å². The predicted molar refractivity (Wildman–Crippen MR) is 85.4 cm³/mol. The minimum Gasteiger partial charge on any atom is -0.345 e. The van der Waals surface area contributed by atoms with Gasteiger partial charge in [0.2, 0.25) is 5.91 Å². The molecule has 122 valence electrons. The number of likely N-dealkylation sites (tertiary alicyclic amines) is 2. The summed E-state index contributed by atoms with van der Waals surface area (Å²) in [5, 5.41) is 3.16. The van der Waals surface area contributed by atoms with Crippen LogP contribution in [-0.2, 0) is 11.3 Å². The molecule has 2 saturated heterocycles. The van der Waals surface area contributed by atoms with Gasteiger partial charge >= 0.3 is 0 Å². The van der Waals surface area contributed by atoms with Crippen molar-refractivity contribution in [2.45, 2.75) is 38.8 Å². The minimum atomic E-state index is 0.342. The first-order valence-corrected chi connectivity index (χ1v) is 8.34. The van der Waals surface area contributed by atoms with Gasteiger partial charge in [-0.2, -0.15) is 0 Å². The van der Waals surface area contributed by atoms with Crippen LogP contribution in [0.25, 0.3) is 0 Å². The summed E-state index contributed by atoms with van der Waals surface area (Å²) in [6.07, 6.45) is 4.78. The first-order valence-electron chi connectivity index (χ1n) is 8.34. The molecule has 0 spiro atoms. The highest BCUT2D eigenvalue weighted by Gasteiger charge is 2.38. The third-order valence-electron chi connectivity index (χ3n) is 4.98. The molecular formula is C16H27N5O. The second-order valence-electron chi connectivity index (χ2n) is 6.57. The summed E-state index contributed by atoms with van der Waals surface area (Å²) < 4.78 is 0. The van der Waals surface area contributed by atoms with Crippen LogP contribution in [0.3, 0.4) is 0 Å². The van der Waals surface area contributed by atoms with Crippen molar-refractivity contribution in [1.82, 2.24) is 25.1 Å². The fourth-order valence-electron chi connectivity index (χ4n) is 3.89. The van der Waals surface area contributed by atoms with Crippen LogP contribution in [0.2, 0.25) is 0 Å². The third kappa shape index (κ3) is 3.33. The Hall–Kier alpha value is -1.40. The molecule has 6 heteroatoms. The van der Waals surface area contributed by atoms with Crippen LogP contribution >= 0.6 is 0 Å². The molecule has 0 aromatic carbocycles. The number of fused-ring (bicyclic) bond motifs is 1. The van der Waals surface area contributed by atoms with Crippen LogP contribution in [0, 0.1) is 12.8 Å². The number of hydrogen-bond donors (Lipinski definition) is 2. The highest BCUT2D eigenvalue weighted by Crippen LogP contribution is 2.31. The van der Waals surface area contributed by atoms with Crippen molar-refractivity contribution >= 4 is 5.91 Å². The zero-order chi connectivity index (χ0) is 15.5. The van der Waals surface area contributed by atoms with Crippen LogP contribution in [-0.4, -0.2) is 64.9 Å². The summed E-state index contributed by atoms with van der Waals surface area (Å²) in [6.45, 7) is 6.80. The molecule has 2 atom stereocenters. The van der Waals surface area contributed by atoms with Gasteiger partial charge in [-0.15, -0.1) is 0 Å². The van der Waals surface area contributed by atoms with Gasteiger partial charge in [0.05, 0.1) is 0 Å². The second-order valence-corrected chi connectivity index (χ2v) is 6.57. The van der Waals surface area contributed by atoms with Crippen LogP contribution in [0.1, 0.15) is 30.8 Å². The van der Waals surface area contributed by atoms with Gasteiger partial charge in [-0.05, 0) is 32.7 Å². The molecule has 2 aliphatic rings. The number of carbonyl (C=O) groups excluding carboxylic acids is 1. The van der Waals surface area contributed by atoms with E-state index in [4.69, 9.17) is 0 Å². The number of hydrogen-bond acceptors (Lipinski definition) is 4. The number of carbonyl (C=O) groups is 1. The largest absolute Gasteiger partial charge is 0.345 e. The standard InChI is InChI=1S/C16H27N5O/c1-12-18-9-14(19-12)11-20-7-5-15-13(10-20)3-4-16(22)21(15)8-6-17-2/h9,13,15,17H,3-8,10-11H2,1-2H3,(H,18,19)/t13-,15+/m0/s1. The Kier molecular flexibility index (Phi) is 4.78. The van der Waals surface area contributed by atoms with Crippen LogP contribution in [0.5, 0.6) is 0 Å². The van der Waals surface area contributed by atoms with E-state index >= 15 is 0 Å². The van der Waals surface area contributed by atoms with E-state index < -0.39 is 0 Å². The van der Waals surface area contributed by atoms with Gasteiger partial charge in [-0.25, -0.2) is 4.98 Å². The second kappa shape index (κ2) is 6.79. The summed E-state index contributed by atoms with van der Waals surface area (Å²) in [6, 6.07) is 0.439. The topological polar surface area (TPSA) is 64.3 Å². The van der Waals surface area contributed by atoms with Crippen molar-refractivity contribution in [3.05, 3.63) is 17.7 Å². The first kappa shape index (κ1) is 15.5. The van der Waals surface area contributed by atoms with E-state index in [-0.39, 0.29) is 0 Å². The van der Waals surface area contributed by atoms with E-state index in [1.54, 1.807) is 0 Å². The van der Waals surface area contributed by atoms with E-state index in [1.165, 1.54) is 5.69 Å². The van der Waals surface area contributed by atoms with Crippen molar-refractivity contribution in [1.29, 1.82) is 0 Å². The summed E-state index contributed by atoms with van der Waals surface area (Å²) in [7, 11) is 1.95. The van der Waals surface area contributed by atoms with Gasteiger partial charge in [0.15, 0.2) is 0 Å². The zero-order valence-electron chi connectivity index (χ0n) is 13.6. The molecule has 1 aromatic heterocycles.